The molecule has 3 aliphatic rings. The fourth-order valence-corrected chi connectivity index (χ4v) is 6.18. The van der Waals surface area contributed by atoms with E-state index in [0.717, 1.165) is 37.1 Å². The monoisotopic (exact) mass is 423 g/mol. The van der Waals surface area contributed by atoms with E-state index in [4.69, 9.17) is 0 Å². The molecule has 2 aromatic rings. The van der Waals surface area contributed by atoms with Crippen molar-refractivity contribution < 1.29 is 14.7 Å². The van der Waals surface area contributed by atoms with E-state index in [1.165, 1.54) is 6.33 Å². The van der Waals surface area contributed by atoms with Crippen LogP contribution in [0.2, 0.25) is 0 Å². The normalized spacial score (nSPS) is 28.3. The summed E-state index contributed by atoms with van der Waals surface area (Å²) in [5, 5.41) is 16.4. The van der Waals surface area contributed by atoms with E-state index in [1.807, 2.05) is 28.0 Å². The third-order valence-electron chi connectivity index (χ3n) is 7.55. The van der Waals surface area contributed by atoms with Crippen molar-refractivity contribution >= 4 is 11.8 Å². The van der Waals surface area contributed by atoms with Crippen LogP contribution in [-0.2, 0) is 16.0 Å². The fourth-order valence-electron chi connectivity index (χ4n) is 6.18. The van der Waals surface area contributed by atoms with Crippen LogP contribution >= 0.6 is 0 Å². The van der Waals surface area contributed by atoms with Crippen molar-refractivity contribution in [3.05, 3.63) is 48.0 Å². The van der Waals surface area contributed by atoms with Gasteiger partial charge in [-0.25, -0.2) is 4.98 Å². The minimum Gasteiger partial charge on any atom is -0.387 e. The number of aliphatic hydroxyl groups excluding tert-OH is 1. The average Bonchev–Trinajstić information content (AvgIpc) is 3.55. The standard InChI is InChI=1S/C23H29N5O3/c29-14-20(30)28-18-6-7-19(28)23(13-18,12-16-4-2-1-3-5-16)22(31)27-10-8-17(9-11-27)21-24-15-25-26-21/h1-5,15,17-19,29H,6-14H2,(H,24,25,26)/t18-,19+,23+/m1/s1. The molecule has 1 aromatic carbocycles. The first-order valence-corrected chi connectivity index (χ1v) is 11.2. The molecule has 0 saturated carbocycles. The lowest BCUT2D eigenvalue weighted by atomic mass is 9.68. The van der Waals surface area contributed by atoms with E-state index < -0.39 is 12.0 Å². The molecule has 0 unspecified atom stereocenters. The Balaban J connectivity index is 1.40. The predicted octanol–water partition coefficient (Wildman–Crippen LogP) is 1.50. The maximum Gasteiger partial charge on any atom is 0.248 e. The summed E-state index contributed by atoms with van der Waals surface area (Å²) in [6.45, 7) is 0.878. The first-order valence-electron chi connectivity index (χ1n) is 11.2. The number of aromatic amines is 1. The largest absolute Gasteiger partial charge is 0.387 e. The minimum absolute atomic E-state index is 0.0454. The second kappa shape index (κ2) is 8.07. The van der Waals surface area contributed by atoms with Gasteiger partial charge in [0.2, 0.25) is 11.8 Å². The first kappa shape index (κ1) is 20.2. The van der Waals surface area contributed by atoms with Gasteiger partial charge < -0.3 is 14.9 Å². The summed E-state index contributed by atoms with van der Waals surface area (Å²) in [4.78, 5) is 34.7. The molecule has 0 aliphatic carbocycles. The second-order valence-corrected chi connectivity index (χ2v) is 9.17. The molecule has 2 amide bonds. The SMILES string of the molecule is O=C(CO)N1[C@@H]2CC[C@H]1[C@@](Cc1ccccc1)(C(=O)N1CCC(c3ncn[nH]3)CC1)C2. The first-order chi connectivity index (χ1) is 15.1. The molecule has 5 rings (SSSR count). The minimum atomic E-state index is -0.617. The number of aliphatic hydroxyl groups is 1. The summed E-state index contributed by atoms with van der Waals surface area (Å²) < 4.78 is 0. The number of aromatic nitrogens is 3. The van der Waals surface area contributed by atoms with Gasteiger partial charge in [0.05, 0.1) is 5.41 Å². The van der Waals surface area contributed by atoms with Gasteiger partial charge >= 0.3 is 0 Å². The zero-order valence-corrected chi connectivity index (χ0v) is 17.6. The van der Waals surface area contributed by atoms with E-state index in [2.05, 4.69) is 27.3 Å². The molecule has 164 valence electrons. The lowest BCUT2D eigenvalue weighted by Crippen LogP contribution is -2.54. The Bertz CT molecular complexity index is 926. The van der Waals surface area contributed by atoms with E-state index >= 15 is 0 Å². The number of rotatable bonds is 5. The number of nitrogens with one attached hydrogen (secondary N) is 1. The van der Waals surface area contributed by atoms with Crippen molar-refractivity contribution in [2.45, 2.75) is 56.5 Å². The smallest absolute Gasteiger partial charge is 0.248 e. The number of benzene rings is 1. The van der Waals surface area contributed by atoms with Gasteiger partial charge in [-0.2, -0.15) is 5.10 Å². The maximum atomic E-state index is 14.1. The molecule has 8 nitrogen and oxygen atoms in total. The Morgan fingerprint density at radius 1 is 1.13 bits per heavy atom. The molecule has 0 radical (unpaired) electrons. The Hall–Kier alpha value is -2.74. The highest BCUT2D eigenvalue weighted by atomic mass is 16.3. The molecular weight excluding hydrogens is 394 g/mol. The molecule has 0 spiro atoms. The van der Waals surface area contributed by atoms with Crippen LogP contribution in [0.25, 0.3) is 0 Å². The molecule has 2 bridgehead atoms. The highest BCUT2D eigenvalue weighted by Gasteiger charge is 2.61. The molecule has 2 N–H and O–H groups in total. The van der Waals surface area contributed by atoms with E-state index in [-0.39, 0.29) is 23.9 Å². The molecule has 1 aromatic heterocycles. The zero-order valence-electron chi connectivity index (χ0n) is 17.6. The number of amides is 2. The summed E-state index contributed by atoms with van der Waals surface area (Å²) in [7, 11) is 0. The van der Waals surface area contributed by atoms with Crippen molar-refractivity contribution in [3.63, 3.8) is 0 Å². The Kier molecular flexibility index (Phi) is 5.25. The van der Waals surface area contributed by atoms with Gasteiger partial charge in [-0.1, -0.05) is 30.3 Å². The molecule has 3 fully saturated rings. The predicted molar refractivity (Wildman–Crippen MR) is 113 cm³/mol. The van der Waals surface area contributed by atoms with Crippen LogP contribution in [0.5, 0.6) is 0 Å². The van der Waals surface area contributed by atoms with Gasteiger partial charge in [-0.05, 0) is 44.1 Å². The number of piperidine rings is 1. The van der Waals surface area contributed by atoms with Crippen LogP contribution in [0.15, 0.2) is 36.7 Å². The van der Waals surface area contributed by atoms with Crippen LogP contribution in [-0.4, -0.2) is 73.7 Å². The number of hydrogen-bond acceptors (Lipinski definition) is 5. The van der Waals surface area contributed by atoms with Crippen molar-refractivity contribution in [2.24, 2.45) is 5.41 Å². The van der Waals surface area contributed by atoms with Crippen LogP contribution in [0.3, 0.4) is 0 Å². The Morgan fingerprint density at radius 3 is 2.58 bits per heavy atom. The summed E-state index contributed by atoms with van der Waals surface area (Å²) in [6, 6.07) is 10.0. The topological polar surface area (TPSA) is 102 Å². The van der Waals surface area contributed by atoms with Crippen molar-refractivity contribution in [2.75, 3.05) is 19.7 Å². The van der Waals surface area contributed by atoms with E-state index in [1.54, 1.807) is 0 Å². The highest BCUT2D eigenvalue weighted by Crippen LogP contribution is 2.53. The molecule has 8 heteroatoms. The third kappa shape index (κ3) is 3.43. The number of fused-ring (bicyclic) bond motifs is 2. The Morgan fingerprint density at radius 2 is 1.90 bits per heavy atom. The van der Waals surface area contributed by atoms with Crippen LogP contribution in [0, 0.1) is 5.41 Å². The summed E-state index contributed by atoms with van der Waals surface area (Å²) >= 11 is 0. The Labute approximate surface area is 181 Å². The third-order valence-corrected chi connectivity index (χ3v) is 7.55. The van der Waals surface area contributed by atoms with Crippen molar-refractivity contribution in [3.8, 4) is 0 Å². The molecule has 3 atom stereocenters. The number of nitrogens with zero attached hydrogens (tertiary/aromatic N) is 4. The molecular formula is C23H29N5O3. The molecule has 3 saturated heterocycles. The van der Waals surface area contributed by atoms with Gasteiger partial charge in [-0.15, -0.1) is 0 Å². The number of hydrogen-bond donors (Lipinski definition) is 2. The van der Waals surface area contributed by atoms with Gasteiger partial charge in [0.25, 0.3) is 0 Å². The quantitative estimate of drug-likeness (QED) is 0.759. The highest BCUT2D eigenvalue weighted by molar-refractivity contribution is 5.88. The lowest BCUT2D eigenvalue weighted by Gasteiger charge is -2.42. The lowest BCUT2D eigenvalue weighted by molar-refractivity contribution is -0.146. The van der Waals surface area contributed by atoms with Gasteiger partial charge in [0, 0.05) is 31.1 Å². The summed E-state index contributed by atoms with van der Waals surface area (Å²) in [6.07, 6.45) is 6.29. The summed E-state index contributed by atoms with van der Waals surface area (Å²) in [5.74, 6) is 1.10. The molecule has 4 heterocycles. The van der Waals surface area contributed by atoms with Gasteiger partial charge in [-0.3, -0.25) is 14.7 Å². The average molecular weight is 424 g/mol. The van der Waals surface area contributed by atoms with E-state index in [0.29, 0.717) is 31.8 Å². The van der Waals surface area contributed by atoms with Gasteiger partial charge in [0.1, 0.15) is 18.8 Å². The fraction of sp³-hybridized carbons (Fsp3) is 0.565. The number of carbonyl (C=O) groups excluding carboxylic acids is 2. The van der Waals surface area contributed by atoms with Gasteiger partial charge in [0.15, 0.2) is 0 Å². The zero-order chi connectivity index (χ0) is 21.4. The molecule has 31 heavy (non-hydrogen) atoms. The van der Waals surface area contributed by atoms with Crippen molar-refractivity contribution in [1.82, 2.24) is 25.0 Å². The number of carbonyl (C=O) groups is 2. The van der Waals surface area contributed by atoms with E-state index in [9.17, 15) is 14.7 Å². The number of likely N-dealkylation sites (tertiary alicyclic amines) is 1. The number of H-pyrrole nitrogens is 1. The van der Waals surface area contributed by atoms with Crippen LogP contribution in [0.4, 0.5) is 0 Å². The maximum absolute atomic E-state index is 14.1. The van der Waals surface area contributed by atoms with Crippen LogP contribution in [0.1, 0.15) is 49.4 Å². The van der Waals surface area contributed by atoms with Crippen molar-refractivity contribution in [1.29, 1.82) is 0 Å². The second-order valence-electron chi connectivity index (χ2n) is 9.17. The molecule has 3 aliphatic heterocycles. The summed E-state index contributed by atoms with van der Waals surface area (Å²) in [5.41, 5.74) is 0.505. The van der Waals surface area contributed by atoms with Crippen LogP contribution < -0.4 is 0 Å².